The SMILES string of the molecule is CCCCCCCCCCCCCC/C=C\CCCCCCCCCCCCCCCCCCC(=O)NC(COP(=O)(O)OCC[N+](C)(C)C)C(O)/C=C/CCCCCCCCCCCCCCCCCCCCC. The molecular weight excluding hydrogens is 948 g/mol. The summed E-state index contributed by atoms with van der Waals surface area (Å²) in [5.74, 6) is -0.170. The fraction of sp³-hybridized carbons (Fsp3) is 0.924. The first-order valence-corrected chi connectivity index (χ1v) is 34.7. The second kappa shape index (κ2) is 57.7. The minimum atomic E-state index is -4.35. The fourth-order valence-corrected chi connectivity index (χ4v) is 11.0. The largest absolute Gasteiger partial charge is 0.472 e. The van der Waals surface area contributed by atoms with Crippen LogP contribution in [0.2, 0.25) is 0 Å². The second-order valence-electron chi connectivity index (χ2n) is 24.2. The Morgan fingerprint density at radius 2 is 0.720 bits per heavy atom. The van der Waals surface area contributed by atoms with Gasteiger partial charge in [0.15, 0.2) is 0 Å². The monoisotopic (exact) mass is 1080 g/mol. The number of unbranched alkanes of at least 4 members (excludes halogenated alkanes) is 47. The number of carbonyl (C=O) groups excluding carboxylic acids is 1. The van der Waals surface area contributed by atoms with E-state index in [4.69, 9.17) is 9.05 Å². The van der Waals surface area contributed by atoms with E-state index >= 15 is 0 Å². The number of phosphoric acid groups is 1. The highest BCUT2D eigenvalue weighted by Gasteiger charge is 2.28. The summed E-state index contributed by atoms with van der Waals surface area (Å²) in [5, 5.41) is 14.0. The van der Waals surface area contributed by atoms with Crippen molar-refractivity contribution in [3.05, 3.63) is 24.3 Å². The van der Waals surface area contributed by atoms with Crippen molar-refractivity contribution < 1.29 is 32.9 Å². The molecule has 0 saturated heterocycles. The van der Waals surface area contributed by atoms with Crippen molar-refractivity contribution in [3.8, 4) is 0 Å². The number of nitrogens with one attached hydrogen (secondary N) is 1. The van der Waals surface area contributed by atoms with Gasteiger partial charge in [-0.3, -0.25) is 13.8 Å². The van der Waals surface area contributed by atoms with Gasteiger partial charge in [0.1, 0.15) is 13.2 Å². The molecule has 0 aliphatic heterocycles. The van der Waals surface area contributed by atoms with Crippen LogP contribution in [0, 0.1) is 0 Å². The fourth-order valence-electron chi connectivity index (χ4n) is 10.2. The summed E-state index contributed by atoms with van der Waals surface area (Å²) in [6, 6.07) is -0.845. The molecule has 0 aromatic heterocycles. The van der Waals surface area contributed by atoms with E-state index in [0.717, 1.165) is 32.1 Å². The van der Waals surface area contributed by atoms with Crippen LogP contribution in [0.4, 0.5) is 0 Å². The molecule has 75 heavy (non-hydrogen) atoms. The normalized spacial score (nSPS) is 13.9. The molecule has 3 N–H and O–H groups in total. The molecule has 0 aromatic carbocycles. The topological polar surface area (TPSA) is 105 Å². The molecule has 0 aliphatic carbocycles. The predicted molar refractivity (Wildman–Crippen MR) is 328 cm³/mol. The van der Waals surface area contributed by atoms with Crippen LogP contribution in [0.15, 0.2) is 24.3 Å². The average molecular weight is 1080 g/mol. The maximum atomic E-state index is 13.0. The number of hydrogen-bond donors (Lipinski definition) is 3. The highest BCUT2D eigenvalue weighted by molar-refractivity contribution is 7.47. The van der Waals surface area contributed by atoms with E-state index in [-0.39, 0.29) is 19.1 Å². The highest BCUT2D eigenvalue weighted by Crippen LogP contribution is 2.43. The van der Waals surface area contributed by atoms with E-state index in [0.29, 0.717) is 17.4 Å². The van der Waals surface area contributed by atoms with Crippen LogP contribution >= 0.6 is 7.82 Å². The summed E-state index contributed by atoms with van der Waals surface area (Å²) in [6.07, 6.45) is 74.5. The lowest BCUT2D eigenvalue weighted by atomic mass is 10.0. The lowest BCUT2D eigenvalue weighted by Crippen LogP contribution is -2.45. The number of nitrogens with zero attached hydrogens (tertiary/aromatic N) is 1. The summed E-state index contributed by atoms with van der Waals surface area (Å²) in [6.45, 7) is 4.87. The zero-order valence-electron chi connectivity index (χ0n) is 51.1. The number of rotatable bonds is 62. The summed E-state index contributed by atoms with van der Waals surface area (Å²) in [5.41, 5.74) is 0. The quantitative estimate of drug-likeness (QED) is 0.0243. The molecule has 3 unspecified atom stereocenters. The van der Waals surface area contributed by atoms with E-state index in [1.54, 1.807) is 6.08 Å². The molecule has 0 bridgehead atoms. The summed E-state index contributed by atoms with van der Waals surface area (Å²) < 4.78 is 23.8. The molecule has 0 aromatic rings. The first-order valence-electron chi connectivity index (χ1n) is 33.2. The Hall–Kier alpha value is -1.02. The standard InChI is InChI=1S/C66H131N2O6P/c1-6-8-10-12-14-16-18-20-22-24-26-28-29-30-31-32-33-34-35-36-37-38-40-42-44-46-48-50-52-54-56-58-60-66(70)67-64(63-74-75(71,72)73-62-61-68(3,4)5)65(69)59-57-55-53-51-49-47-45-43-41-39-27-25-23-21-19-17-15-13-11-9-7-2/h30-31,57,59,64-65,69H,6-29,32-56,58,60-63H2,1-5H3,(H-,67,70,71,72)/p+1/b31-30-,59-57+. The number of aliphatic hydroxyl groups is 1. The molecule has 1 amide bonds. The van der Waals surface area contributed by atoms with E-state index < -0.39 is 20.0 Å². The van der Waals surface area contributed by atoms with Gasteiger partial charge >= 0.3 is 7.82 Å². The van der Waals surface area contributed by atoms with E-state index in [2.05, 4.69) is 31.3 Å². The minimum Gasteiger partial charge on any atom is -0.387 e. The smallest absolute Gasteiger partial charge is 0.387 e. The summed E-state index contributed by atoms with van der Waals surface area (Å²) in [7, 11) is 1.59. The third-order valence-electron chi connectivity index (χ3n) is 15.4. The number of carbonyl (C=O) groups is 1. The molecule has 0 spiro atoms. The average Bonchev–Trinajstić information content (AvgIpc) is 3.37. The molecule has 0 radical (unpaired) electrons. The van der Waals surface area contributed by atoms with Gasteiger partial charge < -0.3 is 19.8 Å². The molecule has 0 rings (SSSR count). The molecule has 3 atom stereocenters. The van der Waals surface area contributed by atoms with Crippen LogP contribution in [0.3, 0.4) is 0 Å². The highest BCUT2D eigenvalue weighted by atomic mass is 31.2. The predicted octanol–water partition coefficient (Wildman–Crippen LogP) is 20.7. The Labute approximate surface area is 468 Å². The van der Waals surface area contributed by atoms with Gasteiger partial charge in [0.05, 0.1) is 39.9 Å². The van der Waals surface area contributed by atoms with Crippen molar-refractivity contribution in [3.63, 3.8) is 0 Å². The van der Waals surface area contributed by atoms with Crippen LogP contribution in [0.25, 0.3) is 0 Å². The summed E-state index contributed by atoms with van der Waals surface area (Å²) in [4.78, 5) is 23.4. The van der Waals surface area contributed by atoms with Gasteiger partial charge in [0, 0.05) is 6.42 Å². The van der Waals surface area contributed by atoms with E-state index in [1.165, 1.54) is 289 Å². The Morgan fingerprint density at radius 3 is 1.03 bits per heavy atom. The molecule has 0 saturated carbocycles. The molecule has 8 nitrogen and oxygen atoms in total. The third kappa shape index (κ3) is 60.5. The third-order valence-corrected chi connectivity index (χ3v) is 16.4. The van der Waals surface area contributed by atoms with Crippen molar-refractivity contribution in [2.45, 2.75) is 353 Å². The Balaban J connectivity index is 4.04. The Kier molecular flexibility index (Phi) is 56.9. The number of amides is 1. The molecule has 0 heterocycles. The lowest BCUT2D eigenvalue weighted by Gasteiger charge is -2.25. The van der Waals surface area contributed by atoms with Gasteiger partial charge in [-0.05, 0) is 44.9 Å². The number of aliphatic hydroxyl groups excluding tert-OH is 1. The molecule has 446 valence electrons. The number of hydrogen-bond acceptors (Lipinski definition) is 5. The van der Waals surface area contributed by atoms with Gasteiger partial charge in [-0.15, -0.1) is 0 Å². The zero-order chi connectivity index (χ0) is 54.9. The van der Waals surface area contributed by atoms with Gasteiger partial charge in [-0.25, -0.2) is 4.57 Å². The van der Waals surface area contributed by atoms with Crippen molar-refractivity contribution in [1.82, 2.24) is 5.32 Å². The number of likely N-dealkylation sites (N-methyl/N-ethyl adjacent to an activating group) is 1. The minimum absolute atomic E-state index is 0.0641. The number of allylic oxidation sites excluding steroid dienone is 3. The first-order chi connectivity index (χ1) is 36.5. The zero-order valence-corrected chi connectivity index (χ0v) is 52.0. The van der Waals surface area contributed by atoms with Crippen LogP contribution < -0.4 is 5.32 Å². The Bertz CT molecular complexity index is 1270. The van der Waals surface area contributed by atoms with Crippen molar-refractivity contribution >= 4 is 13.7 Å². The van der Waals surface area contributed by atoms with Crippen molar-refractivity contribution in [2.75, 3.05) is 40.9 Å². The van der Waals surface area contributed by atoms with Crippen LogP contribution in [-0.2, 0) is 18.4 Å². The van der Waals surface area contributed by atoms with Gasteiger partial charge in [0.25, 0.3) is 0 Å². The first kappa shape index (κ1) is 74.0. The molecule has 9 heteroatoms. The second-order valence-corrected chi connectivity index (χ2v) is 25.7. The van der Waals surface area contributed by atoms with Gasteiger partial charge in [-0.2, -0.15) is 0 Å². The maximum absolute atomic E-state index is 13.0. The van der Waals surface area contributed by atoms with Crippen LogP contribution in [-0.4, -0.2) is 73.4 Å². The summed E-state index contributed by atoms with van der Waals surface area (Å²) >= 11 is 0. The van der Waals surface area contributed by atoms with Crippen molar-refractivity contribution in [1.29, 1.82) is 0 Å². The van der Waals surface area contributed by atoms with Crippen molar-refractivity contribution in [2.24, 2.45) is 0 Å². The molecule has 0 fully saturated rings. The molecular formula is C66H132N2O6P+. The van der Waals surface area contributed by atoms with E-state index in [1.807, 2.05) is 27.2 Å². The lowest BCUT2D eigenvalue weighted by molar-refractivity contribution is -0.870. The Morgan fingerprint density at radius 1 is 0.440 bits per heavy atom. The number of quaternary nitrogens is 1. The molecule has 0 aliphatic rings. The van der Waals surface area contributed by atoms with Crippen LogP contribution in [0.1, 0.15) is 341 Å². The van der Waals surface area contributed by atoms with Gasteiger partial charge in [-0.1, -0.05) is 314 Å². The van der Waals surface area contributed by atoms with Crippen LogP contribution in [0.5, 0.6) is 0 Å². The number of phosphoric ester groups is 1. The van der Waals surface area contributed by atoms with E-state index in [9.17, 15) is 19.4 Å². The van der Waals surface area contributed by atoms with Gasteiger partial charge in [0.2, 0.25) is 5.91 Å². The maximum Gasteiger partial charge on any atom is 0.472 e.